The van der Waals surface area contributed by atoms with E-state index in [-0.39, 0.29) is 11.7 Å². The van der Waals surface area contributed by atoms with Crippen LogP contribution in [0.15, 0.2) is 48.5 Å². The number of fused-ring (bicyclic) bond motifs is 1. The Bertz CT molecular complexity index is 974. The predicted octanol–water partition coefficient (Wildman–Crippen LogP) is 2.41. The number of anilines is 2. The Kier molecular flexibility index (Phi) is 5.26. The molecule has 0 spiro atoms. The highest BCUT2D eigenvalue weighted by Gasteiger charge is 2.28. The Labute approximate surface area is 166 Å². The van der Waals surface area contributed by atoms with Gasteiger partial charge in [-0.3, -0.25) is 9.10 Å². The lowest BCUT2D eigenvalue weighted by molar-refractivity contribution is 0.0954. The highest BCUT2D eigenvalue weighted by molar-refractivity contribution is 7.93. The normalized spacial score (nSPS) is 18.0. The van der Waals surface area contributed by atoms with E-state index in [4.69, 9.17) is 0 Å². The average Bonchev–Trinajstić information content (AvgIpc) is 3.07. The SMILES string of the molecule is O=C(NCCN1CCCc2ccccc21)c1cccc(N2CCCS2(=O)=O)c1. The van der Waals surface area contributed by atoms with Gasteiger partial charge >= 0.3 is 0 Å². The molecule has 1 fully saturated rings. The van der Waals surface area contributed by atoms with Crippen LogP contribution in [0.4, 0.5) is 11.4 Å². The van der Waals surface area contributed by atoms with Gasteiger partial charge in [-0.25, -0.2) is 8.42 Å². The first-order valence-electron chi connectivity index (χ1n) is 9.76. The van der Waals surface area contributed by atoms with Crippen LogP contribution in [0.2, 0.25) is 0 Å². The molecule has 0 radical (unpaired) electrons. The molecule has 1 N–H and O–H groups in total. The monoisotopic (exact) mass is 399 g/mol. The Morgan fingerprint density at radius 2 is 1.89 bits per heavy atom. The first kappa shape index (κ1) is 18.8. The van der Waals surface area contributed by atoms with Crippen LogP contribution in [0.5, 0.6) is 0 Å². The molecule has 28 heavy (non-hydrogen) atoms. The van der Waals surface area contributed by atoms with Crippen molar-refractivity contribution >= 4 is 27.3 Å². The van der Waals surface area contributed by atoms with Crippen LogP contribution in [-0.4, -0.2) is 46.3 Å². The Balaban J connectivity index is 1.38. The van der Waals surface area contributed by atoms with Crippen LogP contribution in [0.1, 0.15) is 28.8 Å². The first-order valence-corrected chi connectivity index (χ1v) is 11.4. The quantitative estimate of drug-likeness (QED) is 0.838. The lowest BCUT2D eigenvalue weighted by Gasteiger charge is -2.31. The zero-order valence-corrected chi connectivity index (χ0v) is 16.6. The van der Waals surface area contributed by atoms with E-state index >= 15 is 0 Å². The Hall–Kier alpha value is -2.54. The number of aryl methyl sites for hydroxylation is 1. The van der Waals surface area contributed by atoms with Crippen molar-refractivity contribution in [3.8, 4) is 0 Å². The van der Waals surface area contributed by atoms with Gasteiger partial charge in [-0.2, -0.15) is 0 Å². The standard InChI is InChI=1S/C21H25N3O3S/c25-21(18-7-3-9-19(16-18)24-13-5-15-28(24,26)27)22-11-14-23-12-4-8-17-6-1-2-10-20(17)23/h1-3,6-7,9-10,16H,4-5,8,11-15H2,(H,22,25). The van der Waals surface area contributed by atoms with Gasteiger partial charge in [0.15, 0.2) is 0 Å². The van der Waals surface area contributed by atoms with Gasteiger partial charge < -0.3 is 10.2 Å². The van der Waals surface area contributed by atoms with Crippen LogP contribution in [0.3, 0.4) is 0 Å². The van der Waals surface area contributed by atoms with Gasteiger partial charge in [-0.1, -0.05) is 24.3 Å². The molecule has 0 aliphatic carbocycles. The van der Waals surface area contributed by atoms with E-state index in [9.17, 15) is 13.2 Å². The third-order valence-corrected chi connectivity index (χ3v) is 7.24. The van der Waals surface area contributed by atoms with E-state index < -0.39 is 10.0 Å². The molecule has 1 amide bonds. The van der Waals surface area contributed by atoms with Crippen LogP contribution in [0, 0.1) is 0 Å². The molecule has 2 aliphatic heterocycles. The maximum absolute atomic E-state index is 12.6. The molecule has 0 unspecified atom stereocenters. The van der Waals surface area contributed by atoms with Crippen LogP contribution < -0.4 is 14.5 Å². The van der Waals surface area contributed by atoms with Crippen molar-refractivity contribution in [3.63, 3.8) is 0 Å². The third kappa shape index (κ3) is 3.85. The molecule has 148 valence electrons. The summed E-state index contributed by atoms with van der Waals surface area (Å²) in [5.74, 6) is -0.00970. The largest absolute Gasteiger partial charge is 0.370 e. The average molecular weight is 400 g/mol. The fourth-order valence-electron chi connectivity index (χ4n) is 3.98. The second-order valence-corrected chi connectivity index (χ2v) is 9.28. The molecule has 2 aromatic rings. The minimum atomic E-state index is -3.25. The Morgan fingerprint density at radius 1 is 1.04 bits per heavy atom. The number of carbonyl (C=O) groups excluding carboxylic acids is 1. The number of para-hydroxylation sites is 1. The van der Waals surface area contributed by atoms with E-state index in [1.165, 1.54) is 15.6 Å². The molecule has 7 heteroatoms. The van der Waals surface area contributed by atoms with Gasteiger partial charge in [0.05, 0.1) is 11.4 Å². The number of nitrogens with zero attached hydrogens (tertiary/aromatic N) is 2. The number of rotatable bonds is 5. The van der Waals surface area contributed by atoms with Crippen molar-refractivity contribution < 1.29 is 13.2 Å². The minimum absolute atomic E-state index is 0.167. The van der Waals surface area contributed by atoms with Crippen LogP contribution in [0.25, 0.3) is 0 Å². The second-order valence-electron chi connectivity index (χ2n) is 7.27. The van der Waals surface area contributed by atoms with E-state index in [0.717, 1.165) is 25.9 Å². The van der Waals surface area contributed by atoms with Crippen molar-refractivity contribution in [1.29, 1.82) is 0 Å². The maximum atomic E-state index is 12.6. The van der Waals surface area contributed by atoms with Gasteiger partial charge in [0.25, 0.3) is 5.91 Å². The molecule has 0 saturated carbocycles. The number of carbonyl (C=O) groups is 1. The molecule has 4 rings (SSSR count). The summed E-state index contributed by atoms with van der Waals surface area (Å²) in [4.78, 5) is 14.9. The summed E-state index contributed by atoms with van der Waals surface area (Å²) in [5, 5.41) is 2.97. The molecular weight excluding hydrogens is 374 g/mol. The van der Waals surface area contributed by atoms with Crippen molar-refractivity contribution in [2.75, 3.05) is 41.1 Å². The summed E-state index contributed by atoms with van der Waals surface area (Å²) in [6.45, 7) is 2.76. The highest BCUT2D eigenvalue weighted by Crippen LogP contribution is 2.26. The summed E-state index contributed by atoms with van der Waals surface area (Å²) in [6, 6.07) is 15.3. The molecule has 2 aliphatic rings. The first-order chi connectivity index (χ1) is 13.5. The van der Waals surface area contributed by atoms with Gasteiger partial charge in [0.2, 0.25) is 10.0 Å². The number of sulfonamides is 1. The predicted molar refractivity (Wildman–Crippen MR) is 112 cm³/mol. The molecule has 0 bridgehead atoms. The fraction of sp³-hybridized carbons (Fsp3) is 0.381. The zero-order chi connectivity index (χ0) is 19.6. The lowest BCUT2D eigenvalue weighted by atomic mass is 10.0. The third-order valence-electron chi connectivity index (χ3n) is 5.37. The number of nitrogens with one attached hydrogen (secondary N) is 1. The summed E-state index contributed by atoms with van der Waals surface area (Å²) >= 11 is 0. The molecule has 0 atom stereocenters. The summed E-state index contributed by atoms with van der Waals surface area (Å²) in [7, 11) is -3.25. The second kappa shape index (κ2) is 7.83. The maximum Gasteiger partial charge on any atom is 0.251 e. The minimum Gasteiger partial charge on any atom is -0.370 e. The molecule has 6 nitrogen and oxygen atoms in total. The number of amides is 1. The van der Waals surface area contributed by atoms with Crippen molar-refractivity contribution in [2.45, 2.75) is 19.3 Å². The summed E-state index contributed by atoms with van der Waals surface area (Å²) < 4.78 is 25.6. The lowest BCUT2D eigenvalue weighted by Crippen LogP contribution is -2.37. The molecule has 0 aromatic heterocycles. The summed E-state index contributed by atoms with van der Waals surface area (Å²) in [5.41, 5.74) is 3.66. The van der Waals surface area contributed by atoms with Crippen molar-refractivity contribution in [1.82, 2.24) is 5.32 Å². The Morgan fingerprint density at radius 3 is 2.71 bits per heavy atom. The van der Waals surface area contributed by atoms with Crippen LogP contribution in [-0.2, 0) is 16.4 Å². The fourth-order valence-corrected chi connectivity index (χ4v) is 5.54. The summed E-state index contributed by atoms with van der Waals surface area (Å²) in [6.07, 6.45) is 2.85. The van der Waals surface area contributed by atoms with Crippen LogP contribution >= 0.6 is 0 Å². The smallest absolute Gasteiger partial charge is 0.251 e. The van der Waals surface area contributed by atoms with Gasteiger partial charge in [0.1, 0.15) is 0 Å². The zero-order valence-electron chi connectivity index (χ0n) is 15.8. The number of hydrogen-bond donors (Lipinski definition) is 1. The van der Waals surface area contributed by atoms with E-state index in [1.54, 1.807) is 24.3 Å². The van der Waals surface area contributed by atoms with Crippen molar-refractivity contribution in [3.05, 3.63) is 59.7 Å². The van der Waals surface area contributed by atoms with Crippen molar-refractivity contribution in [2.24, 2.45) is 0 Å². The van der Waals surface area contributed by atoms with Gasteiger partial charge in [-0.15, -0.1) is 0 Å². The molecule has 2 aromatic carbocycles. The molecule has 2 heterocycles. The number of hydrogen-bond acceptors (Lipinski definition) is 4. The molecule has 1 saturated heterocycles. The topological polar surface area (TPSA) is 69.7 Å². The van der Waals surface area contributed by atoms with Gasteiger partial charge in [-0.05, 0) is 49.1 Å². The van der Waals surface area contributed by atoms with E-state index in [0.29, 0.717) is 30.8 Å². The number of benzene rings is 2. The van der Waals surface area contributed by atoms with E-state index in [1.807, 2.05) is 6.07 Å². The van der Waals surface area contributed by atoms with E-state index in [2.05, 4.69) is 28.4 Å². The molecular formula is C21H25N3O3S. The highest BCUT2D eigenvalue weighted by atomic mass is 32.2. The van der Waals surface area contributed by atoms with Gasteiger partial charge in [0, 0.05) is 37.4 Å².